The van der Waals surface area contributed by atoms with Crippen LogP contribution in [0.15, 0.2) is 0 Å². The highest BCUT2D eigenvalue weighted by molar-refractivity contribution is 5.68. The van der Waals surface area contributed by atoms with Crippen LogP contribution in [0.5, 0.6) is 0 Å². The summed E-state index contributed by atoms with van der Waals surface area (Å²) in [7, 11) is 0. The van der Waals surface area contributed by atoms with Gasteiger partial charge in [0.15, 0.2) is 0 Å². The van der Waals surface area contributed by atoms with E-state index in [1.807, 2.05) is 20.8 Å². The Morgan fingerprint density at radius 1 is 1.14 bits per heavy atom. The van der Waals surface area contributed by atoms with Crippen LogP contribution in [0.4, 0.5) is 4.79 Å². The van der Waals surface area contributed by atoms with E-state index in [4.69, 9.17) is 4.74 Å². The van der Waals surface area contributed by atoms with Crippen molar-refractivity contribution in [1.82, 2.24) is 10.2 Å². The number of carbonyl (C=O) groups is 1. The highest BCUT2D eigenvalue weighted by atomic mass is 16.6. The van der Waals surface area contributed by atoms with Crippen LogP contribution < -0.4 is 5.32 Å². The smallest absolute Gasteiger partial charge is 0.410 e. The Bertz CT molecular complexity index is 346. The van der Waals surface area contributed by atoms with E-state index >= 15 is 0 Å². The van der Waals surface area contributed by atoms with Gasteiger partial charge in [-0.2, -0.15) is 0 Å². The first-order chi connectivity index (χ1) is 9.85. The maximum absolute atomic E-state index is 12.0. The molecule has 21 heavy (non-hydrogen) atoms. The van der Waals surface area contributed by atoms with Crippen LogP contribution in [0.3, 0.4) is 0 Å². The molecule has 5 heteroatoms. The van der Waals surface area contributed by atoms with Crippen LogP contribution in [0.25, 0.3) is 0 Å². The first kappa shape index (κ1) is 16.6. The summed E-state index contributed by atoms with van der Waals surface area (Å²) in [6.07, 6.45) is 5.76. The number of aliphatic hydroxyl groups excluding tert-OH is 1. The van der Waals surface area contributed by atoms with Crippen LogP contribution >= 0.6 is 0 Å². The molecule has 2 fully saturated rings. The highest BCUT2D eigenvalue weighted by Gasteiger charge is 2.30. The average Bonchev–Trinajstić information content (AvgIpc) is 2.40. The fourth-order valence-electron chi connectivity index (χ4n) is 3.16. The Morgan fingerprint density at radius 3 is 2.33 bits per heavy atom. The van der Waals surface area contributed by atoms with Gasteiger partial charge < -0.3 is 20.1 Å². The van der Waals surface area contributed by atoms with Crippen molar-refractivity contribution in [3.63, 3.8) is 0 Å². The number of aliphatic hydroxyl groups is 1. The lowest BCUT2D eigenvalue weighted by Crippen LogP contribution is -2.52. The number of rotatable bonds is 2. The van der Waals surface area contributed by atoms with Gasteiger partial charge in [0.05, 0.1) is 6.10 Å². The van der Waals surface area contributed by atoms with E-state index in [1.165, 1.54) is 6.42 Å². The number of amides is 1. The van der Waals surface area contributed by atoms with Crippen LogP contribution in [0.2, 0.25) is 0 Å². The van der Waals surface area contributed by atoms with Gasteiger partial charge in [0.25, 0.3) is 0 Å². The van der Waals surface area contributed by atoms with Crippen molar-refractivity contribution in [2.75, 3.05) is 13.1 Å². The van der Waals surface area contributed by atoms with Crippen molar-refractivity contribution in [2.24, 2.45) is 0 Å². The molecule has 1 unspecified atom stereocenters. The summed E-state index contributed by atoms with van der Waals surface area (Å²) in [5.74, 6) is 0. The van der Waals surface area contributed by atoms with Gasteiger partial charge in [0, 0.05) is 25.2 Å². The standard InChI is InChI=1S/C16H30N2O3/c1-16(2,3)21-15(20)18-10-8-12(9-11-18)17-13-6-4-5-7-14(13)19/h12-14,17,19H,4-11H2,1-3H3/t13-,14?/m1/s1. The number of hydrogen-bond donors (Lipinski definition) is 2. The largest absolute Gasteiger partial charge is 0.444 e. The molecule has 5 nitrogen and oxygen atoms in total. The predicted octanol–water partition coefficient (Wildman–Crippen LogP) is 2.28. The van der Waals surface area contributed by atoms with Gasteiger partial charge in [-0.15, -0.1) is 0 Å². The minimum atomic E-state index is -0.432. The van der Waals surface area contributed by atoms with Gasteiger partial charge in [0.2, 0.25) is 0 Å². The monoisotopic (exact) mass is 298 g/mol. The molecule has 0 spiro atoms. The second-order valence-electron chi connectivity index (χ2n) is 7.37. The number of likely N-dealkylation sites (tertiary alicyclic amines) is 1. The van der Waals surface area contributed by atoms with Crippen molar-refractivity contribution >= 4 is 6.09 Å². The zero-order valence-corrected chi connectivity index (χ0v) is 13.6. The number of nitrogens with one attached hydrogen (secondary N) is 1. The zero-order chi connectivity index (χ0) is 15.5. The second-order valence-corrected chi connectivity index (χ2v) is 7.37. The van der Waals surface area contributed by atoms with Crippen molar-refractivity contribution < 1.29 is 14.6 Å². The Morgan fingerprint density at radius 2 is 1.76 bits per heavy atom. The van der Waals surface area contributed by atoms with Gasteiger partial charge in [-0.25, -0.2) is 4.79 Å². The molecule has 122 valence electrons. The lowest BCUT2D eigenvalue weighted by atomic mass is 9.91. The zero-order valence-electron chi connectivity index (χ0n) is 13.6. The van der Waals surface area contributed by atoms with E-state index in [0.29, 0.717) is 6.04 Å². The lowest BCUT2D eigenvalue weighted by Gasteiger charge is -2.37. The highest BCUT2D eigenvalue weighted by Crippen LogP contribution is 2.21. The predicted molar refractivity (Wildman–Crippen MR) is 82.2 cm³/mol. The van der Waals surface area contributed by atoms with Gasteiger partial charge in [0.1, 0.15) is 5.60 Å². The molecular formula is C16H30N2O3. The first-order valence-corrected chi connectivity index (χ1v) is 8.27. The minimum absolute atomic E-state index is 0.206. The summed E-state index contributed by atoms with van der Waals surface area (Å²) in [6, 6.07) is 0.637. The summed E-state index contributed by atoms with van der Waals surface area (Å²) in [6.45, 7) is 7.14. The molecule has 2 N–H and O–H groups in total. The summed E-state index contributed by atoms with van der Waals surface area (Å²) in [5, 5.41) is 13.6. The third-order valence-electron chi connectivity index (χ3n) is 4.33. The maximum atomic E-state index is 12.0. The van der Waals surface area contributed by atoms with Crippen molar-refractivity contribution in [1.29, 1.82) is 0 Å². The Hall–Kier alpha value is -0.810. The molecule has 2 rings (SSSR count). The molecule has 0 radical (unpaired) electrons. The number of hydrogen-bond acceptors (Lipinski definition) is 4. The van der Waals surface area contributed by atoms with E-state index in [0.717, 1.165) is 45.2 Å². The number of ether oxygens (including phenoxy) is 1. The van der Waals surface area contributed by atoms with Crippen molar-refractivity contribution in [3.05, 3.63) is 0 Å². The molecular weight excluding hydrogens is 268 g/mol. The Kier molecular flexibility index (Phi) is 5.49. The molecule has 2 aliphatic rings. The molecule has 2 atom stereocenters. The van der Waals surface area contributed by atoms with E-state index in [1.54, 1.807) is 4.90 Å². The summed E-state index contributed by atoms with van der Waals surface area (Å²) < 4.78 is 5.41. The third kappa shape index (κ3) is 5.15. The second kappa shape index (κ2) is 6.97. The van der Waals surface area contributed by atoms with Crippen LogP contribution in [0, 0.1) is 0 Å². The summed E-state index contributed by atoms with van der Waals surface area (Å²) in [4.78, 5) is 13.8. The molecule has 1 aliphatic carbocycles. The Balaban J connectivity index is 1.74. The summed E-state index contributed by atoms with van der Waals surface area (Å²) >= 11 is 0. The van der Waals surface area contributed by atoms with Crippen LogP contribution in [-0.2, 0) is 4.74 Å². The van der Waals surface area contributed by atoms with Gasteiger partial charge in [-0.1, -0.05) is 12.8 Å². The fourth-order valence-corrected chi connectivity index (χ4v) is 3.16. The Labute approximate surface area is 128 Å². The molecule has 0 bridgehead atoms. The average molecular weight is 298 g/mol. The number of nitrogens with zero attached hydrogens (tertiary/aromatic N) is 1. The van der Waals surface area contributed by atoms with Crippen LogP contribution in [-0.4, -0.2) is 53.0 Å². The van der Waals surface area contributed by atoms with Crippen molar-refractivity contribution in [2.45, 2.75) is 83.1 Å². The molecule has 0 aromatic carbocycles. The molecule has 1 saturated heterocycles. The normalized spacial score (nSPS) is 28.5. The molecule has 0 aromatic heterocycles. The summed E-state index contributed by atoms with van der Waals surface area (Å²) in [5.41, 5.74) is -0.432. The van der Waals surface area contributed by atoms with Gasteiger partial charge in [-0.3, -0.25) is 0 Å². The number of piperidine rings is 1. The maximum Gasteiger partial charge on any atom is 0.410 e. The van der Waals surface area contributed by atoms with E-state index in [9.17, 15) is 9.90 Å². The van der Waals surface area contributed by atoms with Crippen LogP contribution in [0.1, 0.15) is 59.3 Å². The minimum Gasteiger partial charge on any atom is -0.444 e. The van der Waals surface area contributed by atoms with Crippen molar-refractivity contribution in [3.8, 4) is 0 Å². The van der Waals surface area contributed by atoms with E-state index in [2.05, 4.69) is 5.32 Å². The molecule has 1 heterocycles. The molecule has 1 aliphatic heterocycles. The molecule has 0 aromatic rings. The topological polar surface area (TPSA) is 61.8 Å². The lowest BCUT2D eigenvalue weighted by molar-refractivity contribution is 0.0178. The van der Waals surface area contributed by atoms with E-state index in [-0.39, 0.29) is 18.2 Å². The van der Waals surface area contributed by atoms with E-state index < -0.39 is 5.60 Å². The first-order valence-electron chi connectivity index (χ1n) is 8.27. The third-order valence-corrected chi connectivity index (χ3v) is 4.33. The quantitative estimate of drug-likeness (QED) is 0.821. The fraction of sp³-hybridized carbons (Fsp3) is 0.938. The van der Waals surface area contributed by atoms with Gasteiger partial charge >= 0.3 is 6.09 Å². The number of carbonyl (C=O) groups excluding carboxylic acids is 1. The molecule has 1 amide bonds. The van der Waals surface area contributed by atoms with Gasteiger partial charge in [-0.05, 0) is 46.5 Å². The molecule has 1 saturated carbocycles. The SMILES string of the molecule is CC(C)(C)OC(=O)N1CCC(N[C@@H]2CCCCC2O)CC1.